The molecule has 1 fully saturated rings. The Bertz CT molecular complexity index is 403. The molecular weight excluding hydrogens is 255 g/mol. The molecule has 2 heterocycles. The molecule has 0 spiro atoms. The van der Waals surface area contributed by atoms with Gasteiger partial charge in [-0.05, 0) is 37.4 Å². The van der Waals surface area contributed by atoms with E-state index < -0.39 is 11.7 Å². The highest BCUT2D eigenvalue weighted by Crippen LogP contribution is 2.28. The third-order valence-electron chi connectivity index (χ3n) is 3.52. The van der Waals surface area contributed by atoms with Crippen LogP contribution in [0, 0.1) is 5.92 Å². The minimum absolute atomic E-state index is 0.345. The quantitative estimate of drug-likeness (QED) is 0.889. The molecule has 0 aromatic carbocycles. The van der Waals surface area contributed by atoms with Gasteiger partial charge < -0.3 is 10.6 Å². The Hall–Kier alpha value is -1.30. The van der Waals surface area contributed by atoms with E-state index in [1.54, 1.807) is 0 Å². The van der Waals surface area contributed by atoms with Crippen molar-refractivity contribution in [3.63, 3.8) is 0 Å². The van der Waals surface area contributed by atoms with E-state index in [9.17, 15) is 13.2 Å². The van der Waals surface area contributed by atoms with Crippen molar-refractivity contribution in [2.24, 2.45) is 5.92 Å². The Morgan fingerprint density at radius 2 is 2.21 bits per heavy atom. The second-order valence-corrected chi connectivity index (χ2v) is 4.99. The first-order chi connectivity index (χ1) is 8.97. The number of halogens is 3. The molecule has 2 rings (SSSR count). The average molecular weight is 273 g/mol. The van der Waals surface area contributed by atoms with Crippen LogP contribution in [0.15, 0.2) is 18.3 Å². The maximum absolute atomic E-state index is 12.4. The van der Waals surface area contributed by atoms with Gasteiger partial charge in [0, 0.05) is 18.8 Å². The fourth-order valence-electron chi connectivity index (χ4n) is 2.27. The zero-order valence-corrected chi connectivity index (χ0v) is 10.8. The highest BCUT2D eigenvalue weighted by Gasteiger charge is 2.30. The second kappa shape index (κ2) is 5.77. The van der Waals surface area contributed by atoms with Crippen LogP contribution in [0.2, 0.25) is 0 Å². The summed E-state index contributed by atoms with van der Waals surface area (Å²) >= 11 is 0. The molecule has 6 heteroatoms. The van der Waals surface area contributed by atoms with Gasteiger partial charge in [-0.3, -0.25) is 0 Å². The molecule has 3 nitrogen and oxygen atoms in total. The molecule has 0 bridgehead atoms. The van der Waals surface area contributed by atoms with Gasteiger partial charge in [0.1, 0.15) is 5.82 Å². The summed E-state index contributed by atoms with van der Waals surface area (Å²) in [6.07, 6.45) is -1.11. The van der Waals surface area contributed by atoms with E-state index in [2.05, 4.69) is 22.5 Å². The first kappa shape index (κ1) is 14.1. The Kier molecular flexibility index (Phi) is 4.29. The number of nitrogens with zero attached hydrogens (tertiary/aromatic N) is 1. The molecule has 1 aliphatic rings. The van der Waals surface area contributed by atoms with Crippen LogP contribution in [-0.2, 0) is 6.18 Å². The smallest absolute Gasteiger partial charge is 0.369 e. The Balaban J connectivity index is 1.89. The third-order valence-corrected chi connectivity index (χ3v) is 3.52. The van der Waals surface area contributed by atoms with Gasteiger partial charge in [0.15, 0.2) is 0 Å². The lowest BCUT2D eigenvalue weighted by Gasteiger charge is -2.30. The standard InChI is InChI=1S/C13H18F3N3/c1-9-3-2-6-17-11(9)8-19-12-5-4-10(7-18-12)13(14,15)16/h4-5,7,9,11,17H,2-3,6,8H2,1H3,(H,18,19)/t9?,11-/m1/s1. The van der Waals surface area contributed by atoms with Crippen LogP contribution in [0.5, 0.6) is 0 Å². The number of piperidine rings is 1. The summed E-state index contributed by atoms with van der Waals surface area (Å²) < 4.78 is 37.1. The number of alkyl halides is 3. The molecule has 19 heavy (non-hydrogen) atoms. The van der Waals surface area contributed by atoms with E-state index in [1.165, 1.54) is 18.9 Å². The fourth-order valence-corrected chi connectivity index (χ4v) is 2.27. The number of hydrogen-bond donors (Lipinski definition) is 2. The SMILES string of the molecule is CC1CCCN[C@@H]1CNc1ccc(C(F)(F)F)cn1. The first-order valence-corrected chi connectivity index (χ1v) is 6.47. The van der Waals surface area contributed by atoms with Gasteiger partial charge in [-0.2, -0.15) is 13.2 Å². The Labute approximate surface area is 110 Å². The molecule has 0 aliphatic carbocycles. The lowest BCUT2D eigenvalue weighted by Crippen LogP contribution is -2.44. The molecule has 0 saturated carbocycles. The summed E-state index contributed by atoms with van der Waals surface area (Å²) in [6, 6.07) is 2.77. The molecule has 2 atom stereocenters. The van der Waals surface area contributed by atoms with E-state index >= 15 is 0 Å². The van der Waals surface area contributed by atoms with Crippen LogP contribution in [0.4, 0.5) is 19.0 Å². The average Bonchev–Trinajstić information content (AvgIpc) is 2.37. The van der Waals surface area contributed by atoms with Crippen molar-refractivity contribution >= 4 is 5.82 Å². The largest absolute Gasteiger partial charge is 0.417 e. The van der Waals surface area contributed by atoms with Crippen molar-refractivity contribution < 1.29 is 13.2 Å². The number of hydrogen-bond acceptors (Lipinski definition) is 3. The van der Waals surface area contributed by atoms with Gasteiger partial charge in [0.25, 0.3) is 0 Å². The predicted molar refractivity (Wildman–Crippen MR) is 67.9 cm³/mol. The van der Waals surface area contributed by atoms with Crippen LogP contribution >= 0.6 is 0 Å². The summed E-state index contributed by atoms with van der Waals surface area (Å²) in [5.74, 6) is 1.04. The molecule has 1 saturated heterocycles. The Morgan fingerprint density at radius 1 is 1.42 bits per heavy atom. The van der Waals surface area contributed by atoms with Crippen LogP contribution < -0.4 is 10.6 Å². The van der Waals surface area contributed by atoms with Crippen LogP contribution in [0.25, 0.3) is 0 Å². The number of aromatic nitrogens is 1. The van der Waals surface area contributed by atoms with Gasteiger partial charge in [0.05, 0.1) is 5.56 Å². The van der Waals surface area contributed by atoms with Gasteiger partial charge in [-0.1, -0.05) is 6.92 Å². The monoisotopic (exact) mass is 273 g/mol. The molecule has 1 unspecified atom stereocenters. The van der Waals surface area contributed by atoms with Crippen molar-refractivity contribution in [2.75, 3.05) is 18.4 Å². The molecule has 0 radical (unpaired) electrons. The van der Waals surface area contributed by atoms with E-state index in [0.717, 1.165) is 18.8 Å². The van der Waals surface area contributed by atoms with E-state index in [4.69, 9.17) is 0 Å². The first-order valence-electron chi connectivity index (χ1n) is 6.47. The molecular formula is C13H18F3N3. The van der Waals surface area contributed by atoms with Gasteiger partial charge in [0.2, 0.25) is 0 Å². The van der Waals surface area contributed by atoms with Crippen molar-refractivity contribution in [1.29, 1.82) is 0 Å². The summed E-state index contributed by atoms with van der Waals surface area (Å²) in [5, 5.41) is 6.49. The van der Waals surface area contributed by atoms with Gasteiger partial charge in [-0.25, -0.2) is 4.98 Å². The number of pyridine rings is 1. The van der Waals surface area contributed by atoms with Gasteiger partial charge >= 0.3 is 6.18 Å². The van der Waals surface area contributed by atoms with Crippen molar-refractivity contribution in [3.05, 3.63) is 23.9 Å². The van der Waals surface area contributed by atoms with E-state index in [0.29, 0.717) is 24.3 Å². The Morgan fingerprint density at radius 3 is 2.79 bits per heavy atom. The summed E-state index contributed by atoms with van der Waals surface area (Å²) in [7, 11) is 0. The van der Waals surface area contributed by atoms with E-state index in [1.807, 2.05) is 0 Å². The van der Waals surface area contributed by atoms with Crippen LogP contribution in [0.1, 0.15) is 25.3 Å². The number of rotatable bonds is 3. The fraction of sp³-hybridized carbons (Fsp3) is 0.615. The molecule has 1 aliphatic heterocycles. The van der Waals surface area contributed by atoms with Gasteiger partial charge in [-0.15, -0.1) is 0 Å². The normalized spacial score (nSPS) is 24.2. The zero-order valence-electron chi connectivity index (χ0n) is 10.8. The minimum atomic E-state index is -4.33. The topological polar surface area (TPSA) is 37.0 Å². The molecule has 106 valence electrons. The molecule has 1 aromatic heterocycles. The van der Waals surface area contributed by atoms with E-state index in [-0.39, 0.29) is 0 Å². The lowest BCUT2D eigenvalue weighted by molar-refractivity contribution is -0.137. The van der Waals surface area contributed by atoms with Crippen molar-refractivity contribution in [2.45, 2.75) is 32.0 Å². The maximum atomic E-state index is 12.4. The third kappa shape index (κ3) is 3.83. The van der Waals surface area contributed by atoms with Crippen molar-refractivity contribution in [3.8, 4) is 0 Å². The lowest BCUT2D eigenvalue weighted by atomic mass is 9.93. The highest BCUT2D eigenvalue weighted by molar-refractivity contribution is 5.36. The minimum Gasteiger partial charge on any atom is -0.369 e. The molecule has 0 amide bonds. The second-order valence-electron chi connectivity index (χ2n) is 4.99. The van der Waals surface area contributed by atoms with Crippen LogP contribution in [-0.4, -0.2) is 24.1 Å². The zero-order chi connectivity index (χ0) is 13.9. The summed E-state index contributed by atoms with van der Waals surface area (Å²) in [6.45, 7) is 3.86. The van der Waals surface area contributed by atoms with Crippen LogP contribution in [0.3, 0.4) is 0 Å². The number of anilines is 1. The number of nitrogens with one attached hydrogen (secondary N) is 2. The maximum Gasteiger partial charge on any atom is 0.417 e. The summed E-state index contributed by atoms with van der Waals surface area (Å²) in [5.41, 5.74) is -0.720. The molecule has 2 N–H and O–H groups in total. The van der Waals surface area contributed by atoms with Crippen molar-refractivity contribution in [1.82, 2.24) is 10.3 Å². The summed E-state index contributed by atoms with van der Waals surface area (Å²) in [4.78, 5) is 3.80. The molecule has 1 aromatic rings. The predicted octanol–water partition coefficient (Wildman–Crippen LogP) is 2.90. The highest BCUT2D eigenvalue weighted by atomic mass is 19.4.